The van der Waals surface area contributed by atoms with Crippen LogP contribution in [0.3, 0.4) is 0 Å². The summed E-state index contributed by atoms with van der Waals surface area (Å²) in [7, 11) is 0. The van der Waals surface area contributed by atoms with E-state index in [1.165, 1.54) is 0 Å². The van der Waals surface area contributed by atoms with Gasteiger partial charge < -0.3 is 15.0 Å². The van der Waals surface area contributed by atoms with Crippen LogP contribution in [0.25, 0.3) is 0 Å². The van der Waals surface area contributed by atoms with E-state index in [2.05, 4.69) is 12.2 Å². The molecule has 0 unspecified atom stereocenters. The number of aryl methyl sites for hydroxylation is 3. The topological polar surface area (TPSA) is 58.6 Å². The molecule has 0 aromatic heterocycles. The van der Waals surface area contributed by atoms with E-state index in [9.17, 15) is 9.59 Å². The Morgan fingerprint density at radius 1 is 0.917 bits per heavy atom. The first-order valence-electron chi connectivity index (χ1n) is 12.7. The Balaban J connectivity index is 1.91. The fourth-order valence-corrected chi connectivity index (χ4v) is 4.12. The third kappa shape index (κ3) is 7.70. The number of hydrogen-bond donors (Lipinski definition) is 1. The molecule has 36 heavy (non-hydrogen) atoms. The van der Waals surface area contributed by atoms with E-state index in [1.807, 2.05) is 93.6 Å². The standard InChI is InChI=1S/C31H38N2O3/c1-5-6-18-32-31(35)28(20-26-13-8-7-9-14-26)33(21-27-15-11-10-12-24(27)3)30(34)22-36-29-19-23(2)16-17-25(29)4/h7-17,19,28H,5-6,18,20-22H2,1-4H3,(H,32,35)/t28-/m1/s1. The molecule has 0 spiro atoms. The van der Waals surface area contributed by atoms with Crippen LogP contribution in [-0.2, 0) is 22.6 Å². The number of hydrogen-bond acceptors (Lipinski definition) is 3. The molecule has 0 fully saturated rings. The maximum Gasteiger partial charge on any atom is 0.261 e. The lowest BCUT2D eigenvalue weighted by Crippen LogP contribution is -2.52. The van der Waals surface area contributed by atoms with Crippen LogP contribution in [0.1, 0.15) is 47.6 Å². The van der Waals surface area contributed by atoms with E-state index in [4.69, 9.17) is 4.74 Å². The Bertz CT molecular complexity index is 1140. The summed E-state index contributed by atoms with van der Waals surface area (Å²) in [6, 6.07) is 23.1. The quantitative estimate of drug-likeness (QED) is 0.342. The highest BCUT2D eigenvalue weighted by Crippen LogP contribution is 2.21. The van der Waals surface area contributed by atoms with Gasteiger partial charge in [0.15, 0.2) is 6.61 Å². The molecule has 3 rings (SSSR count). The van der Waals surface area contributed by atoms with Gasteiger partial charge in [-0.25, -0.2) is 0 Å². The van der Waals surface area contributed by atoms with E-state index in [0.717, 1.165) is 40.7 Å². The summed E-state index contributed by atoms with van der Waals surface area (Å²) in [6.07, 6.45) is 2.31. The van der Waals surface area contributed by atoms with Gasteiger partial charge in [0, 0.05) is 19.5 Å². The molecule has 0 bridgehead atoms. The summed E-state index contributed by atoms with van der Waals surface area (Å²) in [5.41, 5.74) is 5.13. The van der Waals surface area contributed by atoms with Crippen molar-refractivity contribution in [2.75, 3.05) is 13.2 Å². The minimum atomic E-state index is -0.654. The molecule has 5 nitrogen and oxygen atoms in total. The third-order valence-corrected chi connectivity index (χ3v) is 6.40. The average molecular weight is 487 g/mol. The van der Waals surface area contributed by atoms with E-state index in [0.29, 0.717) is 25.3 Å². The highest BCUT2D eigenvalue weighted by atomic mass is 16.5. The van der Waals surface area contributed by atoms with Gasteiger partial charge in [-0.1, -0.05) is 80.1 Å². The van der Waals surface area contributed by atoms with Gasteiger partial charge in [0.2, 0.25) is 5.91 Å². The van der Waals surface area contributed by atoms with Crippen molar-refractivity contribution in [3.63, 3.8) is 0 Å². The minimum absolute atomic E-state index is 0.135. The molecule has 0 aliphatic rings. The number of unbranched alkanes of at least 4 members (excludes halogenated alkanes) is 1. The van der Waals surface area contributed by atoms with Crippen LogP contribution in [0.4, 0.5) is 0 Å². The lowest BCUT2D eigenvalue weighted by Gasteiger charge is -2.32. The Kier molecular flexibility index (Phi) is 10.1. The molecule has 2 amide bonds. The first-order chi connectivity index (χ1) is 17.4. The molecule has 1 N–H and O–H groups in total. The Hall–Kier alpha value is -3.60. The molecule has 1 atom stereocenters. The van der Waals surface area contributed by atoms with Crippen LogP contribution in [-0.4, -0.2) is 35.9 Å². The van der Waals surface area contributed by atoms with Crippen LogP contribution < -0.4 is 10.1 Å². The largest absolute Gasteiger partial charge is 0.483 e. The second kappa shape index (κ2) is 13.5. The van der Waals surface area contributed by atoms with E-state index >= 15 is 0 Å². The van der Waals surface area contributed by atoms with E-state index in [1.54, 1.807) is 4.90 Å². The molecule has 0 radical (unpaired) electrons. The van der Waals surface area contributed by atoms with Gasteiger partial charge in [0.25, 0.3) is 5.91 Å². The lowest BCUT2D eigenvalue weighted by atomic mass is 10.0. The van der Waals surface area contributed by atoms with Crippen molar-refractivity contribution in [3.8, 4) is 5.75 Å². The fraction of sp³-hybridized carbons (Fsp3) is 0.355. The number of rotatable bonds is 12. The monoisotopic (exact) mass is 486 g/mol. The summed E-state index contributed by atoms with van der Waals surface area (Å²) in [6.45, 7) is 8.86. The van der Waals surface area contributed by atoms with Crippen LogP contribution in [0.2, 0.25) is 0 Å². The second-order valence-electron chi connectivity index (χ2n) is 9.36. The normalized spacial score (nSPS) is 11.6. The fourth-order valence-electron chi connectivity index (χ4n) is 4.12. The Morgan fingerprint density at radius 3 is 2.36 bits per heavy atom. The van der Waals surface area contributed by atoms with Gasteiger partial charge >= 0.3 is 0 Å². The molecule has 5 heteroatoms. The van der Waals surface area contributed by atoms with E-state index < -0.39 is 6.04 Å². The highest BCUT2D eigenvalue weighted by Gasteiger charge is 2.31. The molecule has 0 heterocycles. The predicted octanol–water partition coefficient (Wildman–Crippen LogP) is 5.55. The Morgan fingerprint density at radius 2 is 1.64 bits per heavy atom. The van der Waals surface area contributed by atoms with Gasteiger partial charge in [-0.2, -0.15) is 0 Å². The molecular formula is C31H38N2O3. The smallest absolute Gasteiger partial charge is 0.261 e. The zero-order valence-corrected chi connectivity index (χ0v) is 21.9. The predicted molar refractivity (Wildman–Crippen MR) is 145 cm³/mol. The van der Waals surface area contributed by atoms with Gasteiger partial charge in [-0.05, 0) is 61.1 Å². The van der Waals surface area contributed by atoms with Crippen molar-refractivity contribution in [3.05, 3.63) is 101 Å². The number of nitrogens with zero attached hydrogens (tertiary/aromatic N) is 1. The SMILES string of the molecule is CCCCNC(=O)[C@@H](Cc1ccccc1)N(Cc1ccccc1C)C(=O)COc1cc(C)ccc1C. The summed E-state index contributed by atoms with van der Waals surface area (Å²) >= 11 is 0. The van der Waals surface area contributed by atoms with Gasteiger partial charge in [-0.15, -0.1) is 0 Å². The molecule has 3 aromatic carbocycles. The summed E-state index contributed by atoms with van der Waals surface area (Å²) in [5, 5.41) is 3.06. The Labute approximate surface area is 215 Å². The van der Waals surface area contributed by atoms with Crippen molar-refractivity contribution in [2.24, 2.45) is 0 Å². The molecule has 0 aliphatic carbocycles. The first-order valence-corrected chi connectivity index (χ1v) is 12.7. The highest BCUT2D eigenvalue weighted by molar-refractivity contribution is 5.88. The second-order valence-corrected chi connectivity index (χ2v) is 9.36. The van der Waals surface area contributed by atoms with Crippen molar-refractivity contribution >= 4 is 11.8 Å². The van der Waals surface area contributed by atoms with Crippen LogP contribution in [0.5, 0.6) is 5.75 Å². The molecule has 0 saturated heterocycles. The van der Waals surface area contributed by atoms with Crippen molar-refractivity contribution in [1.82, 2.24) is 10.2 Å². The summed E-state index contributed by atoms with van der Waals surface area (Å²) in [5.74, 6) is 0.331. The van der Waals surface area contributed by atoms with Crippen molar-refractivity contribution in [1.29, 1.82) is 0 Å². The number of amides is 2. The van der Waals surface area contributed by atoms with Gasteiger partial charge in [0.1, 0.15) is 11.8 Å². The maximum absolute atomic E-state index is 13.7. The molecule has 0 saturated carbocycles. The van der Waals surface area contributed by atoms with Gasteiger partial charge in [0.05, 0.1) is 0 Å². The molecule has 0 aliphatic heterocycles. The van der Waals surface area contributed by atoms with Crippen molar-refractivity contribution in [2.45, 2.75) is 59.5 Å². The van der Waals surface area contributed by atoms with Crippen molar-refractivity contribution < 1.29 is 14.3 Å². The van der Waals surface area contributed by atoms with Crippen LogP contribution in [0.15, 0.2) is 72.8 Å². The molecule has 3 aromatic rings. The molecule has 190 valence electrons. The lowest BCUT2D eigenvalue weighted by molar-refractivity contribution is -0.142. The zero-order chi connectivity index (χ0) is 25.9. The minimum Gasteiger partial charge on any atom is -0.483 e. The van der Waals surface area contributed by atoms with E-state index in [-0.39, 0.29) is 18.4 Å². The molecular weight excluding hydrogens is 448 g/mol. The third-order valence-electron chi connectivity index (χ3n) is 6.40. The summed E-state index contributed by atoms with van der Waals surface area (Å²) < 4.78 is 5.98. The van der Waals surface area contributed by atoms with Crippen LogP contribution in [0, 0.1) is 20.8 Å². The number of benzene rings is 3. The number of ether oxygens (including phenoxy) is 1. The summed E-state index contributed by atoms with van der Waals surface area (Å²) in [4.78, 5) is 28.9. The maximum atomic E-state index is 13.7. The number of carbonyl (C=O) groups is 2. The zero-order valence-electron chi connectivity index (χ0n) is 21.9. The first kappa shape index (κ1) is 27.0. The number of carbonyl (C=O) groups excluding carboxylic acids is 2. The number of nitrogens with one attached hydrogen (secondary N) is 1. The average Bonchev–Trinajstić information content (AvgIpc) is 2.88. The van der Waals surface area contributed by atoms with Gasteiger partial charge in [-0.3, -0.25) is 9.59 Å². The van der Waals surface area contributed by atoms with Crippen LogP contribution >= 0.6 is 0 Å².